The van der Waals surface area contributed by atoms with E-state index in [-0.39, 0.29) is 11.4 Å². The smallest absolute Gasteiger partial charge is 0.317 e. The molecular formula is C15H20BrNO2. The van der Waals surface area contributed by atoms with Gasteiger partial charge in [0.15, 0.2) is 0 Å². The van der Waals surface area contributed by atoms with E-state index >= 15 is 0 Å². The van der Waals surface area contributed by atoms with E-state index < -0.39 is 5.41 Å². The highest BCUT2D eigenvalue weighted by Crippen LogP contribution is 2.37. The van der Waals surface area contributed by atoms with Crippen molar-refractivity contribution in [3.8, 4) is 0 Å². The van der Waals surface area contributed by atoms with Gasteiger partial charge in [-0.3, -0.25) is 4.79 Å². The molecule has 19 heavy (non-hydrogen) atoms. The minimum atomic E-state index is -0.419. The summed E-state index contributed by atoms with van der Waals surface area (Å²) in [7, 11) is 0. The van der Waals surface area contributed by atoms with Crippen molar-refractivity contribution < 1.29 is 9.53 Å². The normalized spacial score (nSPS) is 20.9. The minimum Gasteiger partial charge on any atom is -0.431 e. The van der Waals surface area contributed by atoms with Gasteiger partial charge in [-0.15, -0.1) is 0 Å². The van der Waals surface area contributed by atoms with Crippen LogP contribution >= 0.6 is 15.9 Å². The summed E-state index contributed by atoms with van der Waals surface area (Å²) in [6.45, 7) is 10.3. The molecule has 104 valence electrons. The fraction of sp³-hybridized carbons (Fsp3) is 0.533. The van der Waals surface area contributed by atoms with Gasteiger partial charge in [-0.25, -0.2) is 0 Å². The zero-order chi connectivity index (χ0) is 14.4. The number of aromatic amines is 1. The van der Waals surface area contributed by atoms with E-state index in [1.54, 1.807) is 0 Å². The average molecular weight is 326 g/mol. The molecule has 0 bridgehead atoms. The molecule has 3 nitrogen and oxygen atoms in total. The highest BCUT2D eigenvalue weighted by molar-refractivity contribution is 9.10. The molecule has 0 saturated carbocycles. The molecule has 2 heterocycles. The maximum absolute atomic E-state index is 11.7. The van der Waals surface area contributed by atoms with Crippen molar-refractivity contribution in [3.63, 3.8) is 0 Å². The van der Waals surface area contributed by atoms with Crippen molar-refractivity contribution in [2.45, 2.75) is 46.5 Å². The topological polar surface area (TPSA) is 42.1 Å². The Balaban J connectivity index is 2.30. The molecule has 0 amide bonds. The zero-order valence-electron chi connectivity index (χ0n) is 12.1. The number of rotatable bonds is 1. The van der Waals surface area contributed by atoms with E-state index in [2.05, 4.69) is 47.8 Å². The first-order valence-electron chi connectivity index (χ1n) is 6.41. The number of carbonyl (C=O) groups is 1. The number of carbonyl (C=O) groups excluding carboxylic acids is 1. The van der Waals surface area contributed by atoms with Crippen LogP contribution in [0.2, 0.25) is 0 Å². The van der Waals surface area contributed by atoms with Crippen molar-refractivity contribution in [1.82, 2.24) is 4.98 Å². The Hall–Kier alpha value is -1.03. The molecule has 0 radical (unpaired) electrons. The summed E-state index contributed by atoms with van der Waals surface area (Å²) in [6, 6.07) is 2.08. The van der Waals surface area contributed by atoms with E-state index in [0.717, 1.165) is 21.6 Å². The van der Waals surface area contributed by atoms with Gasteiger partial charge in [-0.05, 0) is 35.8 Å². The maximum Gasteiger partial charge on any atom is 0.317 e. The van der Waals surface area contributed by atoms with Gasteiger partial charge in [0.2, 0.25) is 0 Å². The Morgan fingerprint density at radius 3 is 2.47 bits per heavy atom. The van der Waals surface area contributed by atoms with Crippen LogP contribution in [-0.2, 0) is 14.9 Å². The number of nitrogens with one attached hydrogen (secondary N) is 1. The number of hydrogen-bond acceptors (Lipinski definition) is 2. The number of H-pyrrole nitrogens is 1. The summed E-state index contributed by atoms with van der Waals surface area (Å²) in [4.78, 5) is 15.0. The Morgan fingerprint density at radius 1 is 1.42 bits per heavy atom. The highest BCUT2D eigenvalue weighted by Gasteiger charge is 2.38. The van der Waals surface area contributed by atoms with Crippen LogP contribution in [0.15, 0.2) is 16.3 Å². The summed E-state index contributed by atoms with van der Waals surface area (Å²) < 4.78 is 6.30. The molecule has 0 unspecified atom stereocenters. The molecule has 0 aromatic carbocycles. The summed E-state index contributed by atoms with van der Waals surface area (Å²) in [5, 5.41) is 0. The van der Waals surface area contributed by atoms with E-state index in [4.69, 9.17) is 4.74 Å². The average Bonchev–Trinajstić information content (AvgIpc) is 2.69. The second-order valence-corrected chi connectivity index (χ2v) is 7.61. The third kappa shape index (κ3) is 2.94. The first-order chi connectivity index (χ1) is 8.59. The number of hydrogen-bond donors (Lipinski definition) is 1. The monoisotopic (exact) mass is 325 g/mol. The fourth-order valence-corrected chi connectivity index (χ4v) is 2.44. The van der Waals surface area contributed by atoms with Crippen LogP contribution in [0, 0.1) is 5.41 Å². The SMILES string of the molecule is CC1(C)C/C(=C\c2[nH]c(C(C)(C)C)cc2Br)OC1=O. The molecule has 1 aromatic rings. The van der Waals surface area contributed by atoms with Gasteiger partial charge >= 0.3 is 5.97 Å². The van der Waals surface area contributed by atoms with Gasteiger partial charge in [0, 0.05) is 28.1 Å². The van der Waals surface area contributed by atoms with Crippen molar-refractivity contribution in [2.75, 3.05) is 0 Å². The lowest BCUT2D eigenvalue weighted by Crippen LogP contribution is -2.16. The number of aromatic nitrogens is 1. The summed E-state index contributed by atoms with van der Waals surface area (Å²) in [6.07, 6.45) is 2.55. The standard InChI is InChI=1S/C15H20BrNO2/c1-14(2,3)12-7-10(16)11(17-12)6-9-8-15(4,5)13(18)19-9/h6-7,17H,8H2,1-5H3/b9-6+. The van der Waals surface area contributed by atoms with Gasteiger partial charge in [0.1, 0.15) is 5.76 Å². The Morgan fingerprint density at radius 2 is 2.05 bits per heavy atom. The zero-order valence-corrected chi connectivity index (χ0v) is 13.6. The van der Waals surface area contributed by atoms with Crippen molar-refractivity contribution in [2.24, 2.45) is 5.41 Å². The van der Waals surface area contributed by atoms with Crippen LogP contribution in [0.25, 0.3) is 6.08 Å². The Kier molecular flexibility index (Phi) is 3.42. The van der Waals surface area contributed by atoms with Crippen LogP contribution in [0.5, 0.6) is 0 Å². The summed E-state index contributed by atoms with van der Waals surface area (Å²) in [5.41, 5.74) is 1.74. The van der Waals surface area contributed by atoms with Gasteiger partial charge in [-0.2, -0.15) is 0 Å². The van der Waals surface area contributed by atoms with Crippen LogP contribution < -0.4 is 0 Å². The van der Waals surface area contributed by atoms with Crippen LogP contribution in [0.4, 0.5) is 0 Å². The maximum atomic E-state index is 11.7. The quantitative estimate of drug-likeness (QED) is 0.778. The molecule has 0 spiro atoms. The first kappa shape index (κ1) is 14.4. The fourth-order valence-electron chi connectivity index (χ4n) is 2.00. The lowest BCUT2D eigenvalue weighted by atomic mass is 9.91. The number of ether oxygens (including phenoxy) is 1. The third-order valence-electron chi connectivity index (χ3n) is 3.30. The lowest BCUT2D eigenvalue weighted by molar-refractivity contribution is -0.142. The molecule has 0 atom stereocenters. The van der Waals surface area contributed by atoms with E-state index in [1.165, 1.54) is 0 Å². The van der Waals surface area contributed by atoms with E-state index in [0.29, 0.717) is 6.42 Å². The van der Waals surface area contributed by atoms with Gasteiger partial charge in [0.25, 0.3) is 0 Å². The molecule has 1 fully saturated rings. The Bertz CT molecular complexity index is 547. The summed E-state index contributed by atoms with van der Waals surface area (Å²) >= 11 is 3.54. The summed E-state index contributed by atoms with van der Waals surface area (Å²) in [5.74, 6) is 0.565. The predicted molar refractivity (Wildman–Crippen MR) is 79.7 cm³/mol. The Labute approximate surface area is 122 Å². The van der Waals surface area contributed by atoms with Gasteiger partial charge < -0.3 is 9.72 Å². The van der Waals surface area contributed by atoms with E-state index in [9.17, 15) is 4.79 Å². The molecule has 1 aromatic heterocycles. The molecule has 1 saturated heterocycles. The highest BCUT2D eigenvalue weighted by atomic mass is 79.9. The second kappa shape index (κ2) is 4.51. The van der Waals surface area contributed by atoms with Gasteiger partial charge in [0.05, 0.1) is 11.1 Å². The molecule has 1 aliphatic rings. The van der Waals surface area contributed by atoms with Gasteiger partial charge in [-0.1, -0.05) is 20.8 Å². The first-order valence-corrected chi connectivity index (χ1v) is 7.21. The number of esters is 1. The number of halogens is 1. The largest absolute Gasteiger partial charge is 0.431 e. The molecule has 1 aliphatic heterocycles. The molecule has 0 aliphatic carbocycles. The number of cyclic esters (lactones) is 1. The van der Waals surface area contributed by atoms with E-state index in [1.807, 2.05) is 19.9 Å². The minimum absolute atomic E-state index is 0.0604. The van der Waals surface area contributed by atoms with Crippen LogP contribution in [0.1, 0.15) is 52.4 Å². The van der Waals surface area contributed by atoms with Crippen molar-refractivity contribution in [1.29, 1.82) is 0 Å². The molecule has 2 rings (SSSR count). The lowest BCUT2D eigenvalue weighted by Gasteiger charge is -2.15. The predicted octanol–water partition coefficient (Wildman–Crippen LogP) is 4.39. The molecular weight excluding hydrogens is 306 g/mol. The van der Waals surface area contributed by atoms with Crippen LogP contribution in [-0.4, -0.2) is 11.0 Å². The molecule has 4 heteroatoms. The number of allylic oxidation sites excluding steroid dienone is 1. The van der Waals surface area contributed by atoms with Crippen LogP contribution in [0.3, 0.4) is 0 Å². The second-order valence-electron chi connectivity index (χ2n) is 6.76. The van der Waals surface area contributed by atoms with Crippen molar-refractivity contribution >= 4 is 28.0 Å². The molecule has 1 N–H and O–H groups in total. The third-order valence-corrected chi connectivity index (χ3v) is 3.96. The van der Waals surface area contributed by atoms with Crippen molar-refractivity contribution in [3.05, 3.63) is 27.7 Å².